The Morgan fingerprint density at radius 1 is 1.37 bits per heavy atom. The minimum absolute atomic E-state index is 0.154. The zero-order valence-corrected chi connectivity index (χ0v) is 12.6. The molecule has 6 heteroatoms. The quantitative estimate of drug-likeness (QED) is 0.715. The second-order valence-electron chi connectivity index (χ2n) is 4.19. The summed E-state index contributed by atoms with van der Waals surface area (Å²) in [6.45, 7) is 6.91. The number of rotatable bonds is 8. The molecule has 19 heavy (non-hydrogen) atoms. The fourth-order valence-electron chi connectivity index (χ4n) is 1.50. The molecule has 1 atom stereocenters. The van der Waals surface area contributed by atoms with E-state index in [9.17, 15) is 4.79 Å². The van der Waals surface area contributed by atoms with E-state index in [4.69, 9.17) is 0 Å². The first-order valence-corrected chi connectivity index (χ1v) is 7.79. The van der Waals surface area contributed by atoms with Crippen molar-refractivity contribution >= 4 is 23.5 Å². The fraction of sp³-hybridized carbons (Fsp3) is 0.615. The van der Waals surface area contributed by atoms with Crippen LogP contribution in [0.4, 0.5) is 5.82 Å². The van der Waals surface area contributed by atoms with E-state index in [1.165, 1.54) is 0 Å². The minimum Gasteiger partial charge on any atom is -0.369 e. The Morgan fingerprint density at radius 2 is 2.16 bits per heavy atom. The number of amides is 1. The molecule has 0 aromatic carbocycles. The Morgan fingerprint density at radius 3 is 2.74 bits per heavy atom. The molecule has 1 amide bonds. The summed E-state index contributed by atoms with van der Waals surface area (Å²) in [5.41, 5.74) is 0.358. The number of nitrogens with one attached hydrogen (secondary N) is 2. The number of hydrogen-bond donors (Lipinski definition) is 2. The van der Waals surface area contributed by atoms with Crippen molar-refractivity contribution in [3.05, 3.63) is 17.8 Å². The van der Waals surface area contributed by atoms with E-state index in [1.54, 1.807) is 12.1 Å². The summed E-state index contributed by atoms with van der Waals surface area (Å²) >= 11 is 1.88. The molecule has 0 aliphatic heterocycles. The Kier molecular flexibility index (Phi) is 7.25. The lowest BCUT2D eigenvalue weighted by atomic mass is 10.2. The number of carbonyl (C=O) groups excluding carboxylic acids is 1. The zero-order valence-electron chi connectivity index (χ0n) is 11.8. The van der Waals surface area contributed by atoms with Crippen molar-refractivity contribution in [2.45, 2.75) is 33.2 Å². The topological polar surface area (TPSA) is 66.9 Å². The molecule has 0 saturated heterocycles. The van der Waals surface area contributed by atoms with Gasteiger partial charge < -0.3 is 10.6 Å². The number of thioether (sulfide) groups is 1. The lowest BCUT2D eigenvalue weighted by Crippen LogP contribution is -2.33. The first kappa shape index (κ1) is 15.8. The van der Waals surface area contributed by atoms with Gasteiger partial charge in [-0.1, -0.05) is 6.92 Å². The van der Waals surface area contributed by atoms with Crippen LogP contribution in [0.1, 0.15) is 37.7 Å². The van der Waals surface area contributed by atoms with Gasteiger partial charge in [-0.25, -0.2) is 0 Å². The van der Waals surface area contributed by atoms with Crippen molar-refractivity contribution < 1.29 is 4.79 Å². The van der Waals surface area contributed by atoms with Gasteiger partial charge in [0.25, 0.3) is 5.91 Å². The van der Waals surface area contributed by atoms with Crippen molar-refractivity contribution in [2.24, 2.45) is 0 Å². The van der Waals surface area contributed by atoms with Crippen LogP contribution in [0.2, 0.25) is 0 Å². The van der Waals surface area contributed by atoms with Gasteiger partial charge in [-0.3, -0.25) is 4.79 Å². The van der Waals surface area contributed by atoms with Crippen molar-refractivity contribution in [1.29, 1.82) is 0 Å². The first-order chi connectivity index (χ1) is 9.17. The molecule has 0 spiro atoms. The molecule has 1 unspecified atom stereocenters. The molecule has 0 aliphatic carbocycles. The average Bonchev–Trinajstić information content (AvgIpc) is 2.40. The van der Waals surface area contributed by atoms with Crippen molar-refractivity contribution in [3.63, 3.8) is 0 Å². The van der Waals surface area contributed by atoms with E-state index >= 15 is 0 Å². The third kappa shape index (κ3) is 5.92. The first-order valence-electron chi connectivity index (χ1n) is 6.63. The van der Waals surface area contributed by atoms with Crippen molar-refractivity contribution in [1.82, 2.24) is 15.5 Å². The molecule has 0 bridgehead atoms. The summed E-state index contributed by atoms with van der Waals surface area (Å²) < 4.78 is 0. The van der Waals surface area contributed by atoms with Gasteiger partial charge in [0, 0.05) is 12.6 Å². The molecular weight excluding hydrogens is 260 g/mol. The summed E-state index contributed by atoms with van der Waals surface area (Å²) in [6, 6.07) is 3.61. The maximum Gasteiger partial charge on any atom is 0.272 e. The molecule has 1 rings (SSSR count). The smallest absolute Gasteiger partial charge is 0.272 e. The molecule has 0 aliphatic rings. The second-order valence-corrected chi connectivity index (χ2v) is 5.59. The molecule has 2 N–H and O–H groups in total. The molecule has 1 aromatic rings. The van der Waals surface area contributed by atoms with E-state index in [0.717, 1.165) is 24.5 Å². The highest BCUT2D eigenvalue weighted by atomic mass is 32.2. The highest BCUT2D eigenvalue weighted by molar-refractivity contribution is 7.99. The maximum absolute atomic E-state index is 11.9. The maximum atomic E-state index is 11.9. The van der Waals surface area contributed by atoms with Gasteiger partial charge in [-0.15, -0.1) is 10.2 Å². The molecule has 0 fully saturated rings. The lowest BCUT2D eigenvalue weighted by Gasteiger charge is -2.12. The minimum atomic E-state index is -0.162. The number of anilines is 1. The van der Waals surface area contributed by atoms with Crippen LogP contribution in [0.3, 0.4) is 0 Å². The van der Waals surface area contributed by atoms with Crippen LogP contribution < -0.4 is 10.6 Å². The Balaban J connectivity index is 2.44. The number of nitrogens with zero attached hydrogens (tertiary/aromatic N) is 2. The monoisotopic (exact) mass is 282 g/mol. The van der Waals surface area contributed by atoms with Gasteiger partial charge in [0.1, 0.15) is 5.82 Å². The third-order valence-electron chi connectivity index (χ3n) is 2.53. The summed E-state index contributed by atoms with van der Waals surface area (Å²) in [4.78, 5) is 11.9. The van der Waals surface area contributed by atoms with Gasteiger partial charge in [0.15, 0.2) is 5.69 Å². The lowest BCUT2D eigenvalue weighted by molar-refractivity contribution is 0.0933. The van der Waals surface area contributed by atoms with E-state index in [-0.39, 0.29) is 11.9 Å². The Bertz CT molecular complexity index is 383. The molecule has 1 aromatic heterocycles. The van der Waals surface area contributed by atoms with Gasteiger partial charge in [0.2, 0.25) is 0 Å². The normalized spacial score (nSPS) is 11.9. The predicted octanol–water partition coefficient (Wildman–Crippen LogP) is 2.17. The largest absolute Gasteiger partial charge is 0.369 e. The van der Waals surface area contributed by atoms with Crippen molar-refractivity contribution in [3.8, 4) is 0 Å². The SMILES string of the molecule is CCNc1ccc(C(=O)NC(C)CCSCC)nn1. The Hall–Kier alpha value is -1.30. The molecule has 5 nitrogen and oxygen atoms in total. The highest BCUT2D eigenvalue weighted by Gasteiger charge is 2.11. The van der Waals surface area contributed by atoms with Gasteiger partial charge in [-0.05, 0) is 43.9 Å². The number of carbonyl (C=O) groups is 1. The molecule has 0 radical (unpaired) electrons. The second kappa shape index (κ2) is 8.74. The molecular formula is C13H22N4OS. The summed E-state index contributed by atoms with van der Waals surface area (Å²) in [5, 5.41) is 13.8. The molecule has 0 saturated carbocycles. The van der Waals surface area contributed by atoms with E-state index in [1.807, 2.05) is 25.6 Å². The summed E-state index contributed by atoms with van der Waals surface area (Å²) in [6.07, 6.45) is 0.965. The standard InChI is InChI=1S/C13H22N4OS/c1-4-14-12-7-6-11(16-17-12)13(18)15-10(3)8-9-19-5-2/h6-7,10H,4-5,8-9H2,1-3H3,(H,14,17)(H,15,18). The number of aromatic nitrogens is 2. The van der Waals surface area contributed by atoms with E-state index in [2.05, 4.69) is 27.8 Å². The fourth-order valence-corrected chi connectivity index (χ4v) is 2.31. The van der Waals surface area contributed by atoms with E-state index in [0.29, 0.717) is 11.5 Å². The van der Waals surface area contributed by atoms with E-state index < -0.39 is 0 Å². The van der Waals surface area contributed by atoms with Gasteiger partial charge in [-0.2, -0.15) is 11.8 Å². The van der Waals surface area contributed by atoms with Crippen LogP contribution >= 0.6 is 11.8 Å². The third-order valence-corrected chi connectivity index (χ3v) is 3.46. The van der Waals surface area contributed by atoms with Crippen molar-refractivity contribution in [2.75, 3.05) is 23.4 Å². The Labute approximate surface area is 119 Å². The summed E-state index contributed by atoms with van der Waals surface area (Å²) in [7, 11) is 0. The number of hydrogen-bond acceptors (Lipinski definition) is 5. The van der Waals surface area contributed by atoms with Crippen LogP contribution in [-0.4, -0.2) is 40.2 Å². The van der Waals surface area contributed by atoms with Crippen LogP contribution in [-0.2, 0) is 0 Å². The molecule has 106 valence electrons. The van der Waals surface area contributed by atoms with Crippen LogP contribution in [0.5, 0.6) is 0 Å². The van der Waals surface area contributed by atoms with Gasteiger partial charge >= 0.3 is 0 Å². The molecule has 1 heterocycles. The zero-order chi connectivity index (χ0) is 14.1. The van der Waals surface area contributed by atoms with Crippen LogP contribution in [0.25, 0.3) is 0 Å². The van der Waals surface area contributed by atoms with Crippen LogP contribution in [0.15, 0.2) is 12.1 Å². The van der Waals surface area contributed by atoms with Gasteiger partial charge in [0.05, 0.1) is 0 Å². The predicted molar refractivity (Wildman–Crippen MR) is 80.7 cm³/mol. The van der Waals surface area contributed by atoms with Crippen LogP contribution in [0, 0.1) is 0 Å². The average molecular weight is 282 g/mol. The highest BCUT2D eigenvalue weighted by Crippen LogP contribution is 2.05. The summed E-state index contributed by atoms with van der Waals surface area (Å²) in [5.74, 6) is 2.69.